The Bertz CT molecular complexity index is 2030. The van der Waals surface area contributed by atoms with Crippen molar-refractivity contribution in [1.29, 1.82) is 0 Å². The summed E-state index contributed by atoms with van der Waals surface area (Å²) >= 11 is 12.5. The van der Waals surface area contributed by atoms with E-state index in [-0.39, 0.29) is 35.2 Å². The van der Waals surface area contributed by atoms with Gasteiger partial charge in [-0.05, 0) is 91.6 Å². The molecular formula is C37H44Cl2N6O11. The number of ether oxygens (including phenoxy) is 6. The molecule has 1 aliphatic rings. The number of rotatable bonds is 11. The molecule has 0 radical (unpaired) electrons. The van der Waals surface area contributed by atoms with Crippen LogP contribution in [0.1, 0.15) is 81.0 Å². The Balaban J connectivity index is 1.84. The van der Waals surface area contributed by atoms with Gasteiger partial charge in [0.1, 0.15) is 22.5 Å². The van der Waals surface area contributed by atoms with E-state index >= 15 is 0 Å². The minimum absolute atomic E-state index is 0.0632. The minimum Gasteiger partial charge on any atom is -0.463 e. The zero-order chi connectivity index (χ0) is 42.0. The van der Waals surface area contributed by atoms with Gasteiger partial charge in [-0.1, -0.05) is 17.5 Å². The third-order valence-corrected chi connectivity index (χ3v) is 8.72. The van der Waals surface area contributed by atoms with Crippen molar-refractivity contribution in [3.8, 4) is 12.3 Å². The number of hydrogen-bond donors (Lipinski definition) is 0. The molecule has 1 aliphatic heterocycles. The third kappa shape index (κ3) is 9.55. The van der Waals surface area contributed by atoms with Crippen LogP contribution in [0.4, 0.5) is 15.4 Å². The lowest BCUT2D eigenvalue weighted by Gasteiger charge is -2.33. The van der Waals surface area contributed by atoms with Gasteiger partial charge in [-0.25, -0.2) is 24.4 Å². The van der Waals surface area contributed by atoms with Gasteiger partial charge < -0.3 is 28.4 Å². The molecule has 0 aliphatic carbocycles. The maximum atomic E-state index is 13.5. The number of ketones is 1. The fourth-order valence-electron chi connectivity index (χ4n) is 5.76. The van der Waals surface area contributed by atoms with Gasteiger partial charge in [0.15, 0.2) is 35.1 Å². The summed E-state index contributed by atoms with van der Waals surface area (Å²) in [6.07, 6.45) is 2.41. The quantitative estimate of drug-likeness (QED) is 0.0559. The second-order valence-corrected chi connectivity index (χ2v) is 15.7. The smallest absolute Gasteiger partial charge is 0.425 e. The normalized spacial score (nSPS) is 20.7. The molecule has 56 heavy (non-hydrogen) atoms. The maximum absolute atomic E-state index is 13.5. The van der Waals surface area contributed by atoms with Gasteiger partial charge in [0.05, 0.1) is 25.0 Å². The number of nitrogens with zero attached hydrogens (tertiary/aromatic N) is 6. The first kappa shape index (κ1) is 43.8. The molecule has 4 heterocycles. The van der Waals surface area contributed by atoms with Crippen LogP contribution in [0.15, 0.2) is 24.7 Å². The van der Waals surface area contributed by atoms with Gasteiger partial charge in [-0.15, -0.1) is 6.42 Å². The molecule has 3 aromatic heterocycles. The first-order valence-corrected chi connectivity index (χ1v) is 18.1. The fourth-order valence-corrected chi connectivity index (χ4v) is 6.11. The van der Waals surface area contributed by atoms with Gasteiger partial charge in [0.2, 0.25) is 10.9 Å². The zero-order valence-corrected chi connectivity index (χ0v) is 34.2. The Morgan fingerprint density at radius 1 is 1.02 bits per heavy atom. The SMILES string of the molecule is C#C[C@@]1(C)[C@@H](COC(Cc2ccnc(Cl)c2)(C(C)=O)C(=O)OCC)O[C@@H](n2cnc3c(N(C(=O)OC(C)(C)C)C(=O)OC(C)(C)C)nc(Cl)nc32)[C@@H]1OC(C)=O. The minimum atomic E-state index is -2.18. The highest BCUT2D eigenvalue weighted by Gasteiger charge is 2.58. The molecule has 0 spiro atoms. The van der Waals surface area contributed by atoms with Crippen molar-refractivity contribution >= 4 is 70.1 Å². The van der Waals surface area contributed by atoms with Crippen LogP contribution < -0.4 is 4.90 Å². The number of pyridine rings is 1. The molecule has 0 N–H and O–H groups in total. The van der Waals surface area contributed by atoms with Crippen molar-refractivity contribution in [1.82, 2.24) is 24.5 Å². The Morgan fingerprint density at radius 2 is 1.64 bits per heavy atom. The predicted molar refractivity (Wildman–Crippen MR) is 201 cm³/mol. The van der Waals surface area contributed by atoms with E-state index in [1.807, 2.05) is 0 Å². The van der Waals surface area contributed by atoms with Crippen molar-refractivity contribution in [2.75, 3.05) is 18.1 Å². The second-order valence-electron chi connectivity index (χ2n) is 15.0. The highest BCUT2D eigenvalue weighted by Crippen LogP contribution is 2.47. The highest BCUT2D eigenvalue weighted by molar-refractivity contribution is 6.29. The summed E-state index contributed by atoms with van der Waals surface area (Å²) in [4.78, 5) is 83.9. The molecule has 19 heteroatoms. The lowest BCUT2D eigenvalue weighted by Crippen LogP contribution is -2.53. The fraction of sp³-hybridized carbons (Fsp3) is 0.541. The number of imide groups is 1. The Kier molecular flexibility index (Phi) is 13.1. The van der Waals surface area contributed by atoms with E-state index in [1.54, 1.807) is 61.5 Å². The number of imidazole rings is 1. The van der Waals surface area contributed by atoms with E-state index in [1.165, 1.54) is 37.0 Å². The van der Waals surface area contributed by atoms with Crippen LogP contribution in [0.5, 0.6) is 0 Å². The second kappa shape index (κ2) is 16.7. The first-order valence-electron chi connectivity index (χ1n) is 17.4. The number of terminal acetylenes is 1. The van der Waals surface area contributed by atoms with E-state index in [9.17, 15) is 24.0 Å². The van der Waals surface area contributed by atoms with E-state index in [4.69, 9.17) is 58.0 Å². The molecular weight excluding hydrogens is 775 g/mol. The monoisotopic (exact) mass is 818 g/mol. The van der Waals surface area contributed by atoms with E-state index in [0.29, 0.717) is 10.5 Å². The molecule has 3 aromatic rings. The molecule has 1 saturated heterocycles. The average molecular weight is 820 g/mol. The number of carbonyl (C=O) groups excluding carboxylic acids is 5. The van der Waals surface area contributed by atoms with Crippen molar-refractivity contribution < 1.29 is 52.4 Å². The van der Waals surface area contributed by atoms with Crippen molar-refractivity contribution in [2.24, 2.45) is 5.41 Å². The van der Waals surface area contributed by atoms with Gasteiger partial charge in [-0.2, -0.15) is 14.9 Å². The Morgan fingerprint density at radius 3 is 2.16 bits per heavy atom. The van der Waals surface area contributed by atoms with Crippen LogP contribution in [-0.4, -0.2) is 96.6 Å². The van der Waals surface area contributed by atoms with Gasteiger partial charge in [-0.3, -0.25) is 14.2 Å². The van der Waals surface area contributed by atoms with E-state index in [0.717, 1.165) is 0 Å². The molecule has 5 atom stereocenters. The number of aromatic nitrogens is 5. The largest absolute Gasteiger partial charge is 0.463 e. The van der Waals surface area contributed by atoms with E-state index in [2.05, 4.69) is 25.9 Å². The average Bonchev–Trinajstić information content (AvgIpc) is 3.59. The van der Waals surface area contributed by atoms with Crippen LogP contribution in [0, 0.1) is 17.8 Å². The summed E-state index contributed by atoms with van der Waals surface area (Å²) in [5, 5.41) is -0.306. The first-order chi connectivity index (χ1) is 26.0. The highest BCUT2D eigenvalue weighted by atomic mass is 35.5. The maximum Gasteiger partial charge on any atom is 0.425 e. The standard InChI is InChI=1S/C37H44Cl2N6O11/c1-12-36(11)23(18-52-37(20(3)46,30(48)51-13-2)17-22-14-15-40-24(38)16-22)54-29(26(36)53-21(4)47)44-19-41-25-27(44)42-31(39)43-28(25)45(32(49)55-34(5,6)7)33(50)56-35(8,9)10/h1,14-16,19,23,26,29H,13,17-18H2,2-11H3/t23-,26+,29-,36+,37?/m1/s1. The van der Waals surface area contributed by atoms with Gasteiger partial charge in [0.25, 0.3) is 0 Å². The lowest BCUT2D eigenvalue weighted by molar-refractivity contribution is -0.182. The van der Waals surface area contributed by atoms with Crippen LogP contribution in [-0.2, 0) is 49.2 Å². The molecule has 302 valence electrons. The van der Waals surface area contributed by atoms with Crippen molar-refractivity contribution in [3.05, 3.63) is 40.7 Å². The van der Waals surface area contributed by atoms with E-state index < -0.39 is 82.5 Å². The number of halogens is 2. The number of hydrogen-bond acceptors (Lipinski definition) is 15. The van der Waals surface area contributed by atoms with Crippen LogP contribution in [0.2, 0.25) is 10.4 Å². The summed E-state index contributed by atoms with van der Waals surface area (Å²) in [5.41, 5.74) is -5.54. The van der Waals surface area contributed by atoms with Crippen molar-refractivity contribution in [3.63, 3.8) is 0 Å². The molecule has 2 amide bonds. The number of fused-ring (bicyclic) bond motifs is 1. The number of esters is 2. The number of anilines is 1. The topological polar surface area (TPSA) is 200 Å². The summed E-state index contributed by atoms with van der Waals surface area (Å²) in [6, 6.07) is 3.04. The number of amides is 2. The van der Waals surface area contributed by atoms with Crippen LogP contribution in [0.25, 0.3) is 11.2 Å². The third-order valence-electron chi connectivity index (χ3n) is 8.34. The van der Waals surface area contributed by atoms with Crippen LogP contribution >= 0.6 is 23.2 Å². The molecule has 0 aromatic carbocycles. The summed E-state index contributed by atoms with van der Waals surface area (Å²) < 4.78 is 36.1. The van der Waals surface area contributed by atoms with Gasteiger partial charge in [0, 0.05) is 19.5 Å². The molecule has 4 rings (SSSR count). The summed E-state index contributed by atoms with van der Waals surface area (Å²) in [5.74, 6) is -0.124. The van der Waals surface area contributed by atoms with Gasteiger partial charge >= 0.3 is 24.1 Å². The summed E-state index contributed by atoms with van der Waals surface area (Å²) in [7, 11) is 0. The van der Waals surface area contributed by atoms with Crippen LogP contribution in [0.3, 0.4) is 0 Å². The molecule has 1 unspecified atom stereocenters. The molecule has 0 saturated carbocycles. The predicted octanol–water partition coefficient (Wildman–Crippen LogP) is 5.82. The lowest BCUT2D eigenvalue weighted by atomic mass is 9.81. The molecule has 1 fully saturated rings. The Labute approximate surface area is 333 Å². The van der Waals surface area contributed by atoms with Crippen molar-refractivity contribution in [2.45, 2.75) is 111 Å². The molecule has 0 bridgehead atoms. The Hall–Kier alpha value is -4.89. The zero-order valence-electron chi connectivity index (χ0n) is 32.7. The summed E-state index contributed by atoms with van der Waals surface area (Å²) in [6.45, 7) is 14.6. The molecule has 17 nitrogen and oxygen atoms in total. The number of Topliss-reactive ketones (excluding diaryl/α,β-unsaturated/α-hetero) is 1. The number of carbonyl (C=O) groups is 5.